The van der Waals surface area contributed by atoms with Crippen molar-refractivity contribution in [2.75, 3.05) is 0 Å². The maximum atomic E-state index is 4.58. The Morgan fingerprint density at radius 2 is 1.50 bits per heavy atom. The lowest BCUT2D eigenvalue weighted by Crippen LogP contribution is -1.96. The minimum Gasteiger partial charge on any atom is -0.256 e. The van der Waals surface area contributed by atoms with Crippen LogP contribution in [0.25, 0.3) is 10.9 Å². The maximum absolute atomic E-state index is 4.58. The smallest absolute Gasteiger partial charge is 0.0707 e. The Morgan fingerprint density at radius 1 is 0.818 bits per heavy atom. The summed E-state index contributed by atoms with van der Waals surface area (Å²) in [7, 11) is 0. The van der Waals surface area contributed by atoms with Crippen molar-refractivity contribution in [2.45, 2.75) is 40.0 Å². The number of hydrogen-bond donors (Lipinski definition) is 0. The van der Waals surface area contributed by atoms with Gasteiger partial charge in [0.15, 0.2) is 0 Å². The Morgan fingerprint density at radius 3 is 2.18 bits per heavy atom. The van der Waals surface area contributed by atoms with E-state index in [4.69, 9.17) is 0 Å². The molecule has 0 N–H and O–H groups in total. The van der Waals surface area contributed by atoms with E-state index in [1.807, 2.05) is 6.20 Å². The lowest BCUT2D eigenvalue weighted by atomic mass is 9.95. The summed E-state index contributed by atoms with van der Waals surface area (Å²) in [6.45, 7) is 6.58. The highest BCUT2D eigenvalue weighted by atomic mass is 14.6. The molecule has 0 amide bonds. The van der Waals surface area contributed by atoms with Gasteiger partial charge in [0.2, 0.25) is 0 Å². The van der Waals surface area contributed by atoms with Crippen molar-refractivity contribution < 1.29 is 0 Å². The summed E-state index contributed by atoms with van der Waals surface area (Å²) < 4.78 is 0. The molecular weight excluding hydrogens is 266 g/mol. The fraction of sp³-hybridized carbons (Fsp3) is 0.286. The number of rotatable bonds is 4. The minimum absolute atomic E-state index is 0.966. The lowest BCUT2D eigenvalue weighted by Gasteiger charge is -2.11. The molecule has 0 atom stereocenters. The number of benzene rings is 2. The summed E-state index contributed by atoms with van der Waals surface area (Å²) in [5.74, 6) is 0. The summed E-state index contributed by atoms with van der Waals surface area (Å²) in [5, 5.41) is 1.30. The third-order valence-corrected chi connectivity index (χ3v) is 4.43. The highest BCUT2D eigenvalue weighted by Gasteiger charge is 2.07. The van der Waals surface area contributed by atoms with Gasteiger partial charge in [-0.15, -0.1) is 0 Å². The van der Waals surface area contributed by atoms with Gasteiger partial charge >= 0.3 is 0 Å². The van der Waals surface area contributed by atoms with Gasteiger partial charge in [-0.05, 0) is 66.6 Å². The first-order chi connectivity index (χ1) is 10.7. The van der Waals surface area contributed by atoms with Crippen molar-refractivity contribution in [1.82, 2.24) is 4.98 Å². The zero-order valence-corrected chi connectivity index (χ0v) is 13.7. The Bertz CT molecular complexity index is 785. The molecule has 1 heterocycles. The Hall–Kier alpha value is -2.15. The molecule has 1 aromatic heterocycles. The van der Waals surface area contributed by atoms with Crippen LogP contribution in [0.1, 0.15) is 41.7 Å². The van der Waals surface area contributed by atoms with E-state index in [2.05, 4.69) is 68.2 Å². The fourth-order valence-electron chi connectivity index (χ4n) is 3.08. The van der Waals surface area contributed by atoms with Gasteiger partial charge in [0.25, 0.3) is 0 Å². The van der Waals surface area contributed by atoms with Crippen molar-refractivity contribution >= 4 is 10.9 Å². The minimum atomic E-state index is 0.966. The maximum Gasteiger partial charge on any atom is 0.0707 e. The molecule has 0 fully saturated rings. The van der Waals surface area contributed by atoms with Gasteiger partial charge in [-0.1, -0.05) is 43.7 Å². The van der Waals surface area contributed by atoms with E-state index in [0.29, 0.717) is 0 Å². The van der Waals surface area contributed by atoms with Crippen LogP contribution in [0.3, 0.4) is 0 Å². The summed E-state index contributed by atoms with van der Waals surface area (Å²) in [6, 6.07) is 15.6. The van der Waals surface area contributed by atoms with E-state index in [1.165, 1.54) is 33.2 Å². The second-order valence-corrected chi connectivity index (χ2v) is 5.98. The average molecular weight is 289 g/mol. The van der Waals surface area contributed by atoms with Gasteiger partial charge in [0.1, 0.15) is 0 Å². The van der Waals surface area contributed by atoms with Gasteiger partial charge in [0.05, 0.1) is 5.52 Å². The summed E-state index contributed by atoms with van der Waals surface area (Å²) in [5.41, 5.74) is 8.04. The SMILES string of the molecule is CCc1cc2nccc(Cc3ccc(C)cc3)c2cc1CC. The normalized spacial score (nSPS) is 11.0. The van der Waals surface area contributed by atoms with Gasteiger partial charge in [0, 0.05) is 11.6 Å². The molecule has 0 radical (unpaired) electrons. The van der Waals surface area contributed by atoms with Crippen molar-refractivity contribution in [2.24, 2.45) is 0 Å². The van der Waals surface area contributed by atoms with E-state index in [1.54, 1.807) is 0 Å². The number of aryl methyl sites for hydroxylation is 3. The molecule has 0 bridgehead atoms. The molecule has 0 unspecified atom stereocenters. The van der Waals surface area contributed by atoms with Crippen molar-refractivity contribution in [3.05, 3.63) is 76.5 Å². The molecule has 3 aromatic rings. The van der Waals surface area contributed by atoms with Gasteiger partial charge in [-0.25, -0.2) is 0 Å². The van der Waals surface area contributed by atoms with Crippen molar-refractivity contribution in [3.8, 4) is 0 Å². The number of nitrogens with zero attached hydrogens (tertiary/aromatic N) is 1. The number of fused-ring (bicyclic) bond motifs is 1. The average Bonchev–Trinajstić information content (AvgIpc) is 2.56. The first-order valence-electron chi connectivity index (χ1n) is 8.16. The van der Waals surface area contributed by atoms with Gasteiger partial charge in [-0.3, -0.25) is 4.98 Å². The first kappa shape index (κ1) is 14.8. The van der Waals surface area contributed by atoms with Crippen LogP contribution >= 0.6 is 0 Å². The summed E-state index contributed by atoms with van der Waals surface area (Å²) in [6.07, 6.45) is 5.06. The second-order valence-electron chi connectivity index (χ2n) is 5.98. The summed E-state index contributed by atoms with van der Waals surface area (Å²) >= 11 is 0. The monoisotopic (exact) mass is 289 g/mol. The summed E-state index contributed by atoms with van der Waals surface area (Å²) in [4.78, 5) is 4.58. The molecular formula is C21H23N. The molecule has 0 aliphatic rings. The predicted molar refractivity (Wildman–Crippen MR) is 94.5 cm³/mol. The quantitative estimate of drug-likeness (QED) is 0.638. The number of pyridine rings is 1. The van der Waals surface area contributed by atoms with Crippen LogP contribution in [0.15, 0.2) is 48.7 Å². The van der Waals surface area contributed by atoms with E-state index < -0.39 is 0 Å². The first-order valence-corrected chi connectivity index (χ1v) is 8.16. The molecule has 3 rings (SSSR count). The van der Waals surface area contributed by atoms with E-state index >= 15 is 0 Å². The van der Waals surface area contributed by atoms with Crippen LogP contribution < -0.4 is 0 Å². The van der Waals surface area contributed by atoms with Crippen LogP contribution in [0, 0.1) is 6.92 Å². The Labute approximate surface area is 133 Å². The van der Waals surface area contributed by atoms with Crippen molar-refractivity contribution in [3.63, 3.8) is 0 Å². The molecule has 112 valence electrons. The van der Waals surface area contributed by atoms with Crippen LogP contribution in [0.5, 0.6) is 0 Å². The van der Waals surface area contributed by atoms with Gasteiger partial charge < -0.3 is 0 Å². The third-order valence-electron chi connectivity index (χ3n) is 4.43. The number of aromatic nitrogens is 1. The molecule has 0 aliphatic heterocycles. The van der Waals surface area contributed by atoms with E-state index in [-0.39, 0.29) is 0 Å². The second kappa shape index (κ2) is 6.31. The topological polar surface area (TPSA) is 12.9 Å². The standard InChI is InChI=1S/C21H23N/c1-4-17-13-20-19(12-16-8-6-15(3)7-9-16)10-11-22-21(20)14-18(17)5-2/h6-11,13-14H,4-5,12H2,1-3H3. The molecule has 0 spiro atoms. The van der Waals surface area contributed by atoms with Gasteiger partial charge in [-0.2, -0.15) is 0 Å². The van der Waals surface area contributed by atoms with Crippen LogP contribution in [0.2, 0.25) is 0 Å². The Balaban J connectivity index is 2.07. The van der Waals surface area contributed by atoms with E-state index in [0.717, 1.165) is 24.8 Å². The highest BCUT2D eigenvalue weighted by molar-refractivity contribution is 5.84. The zero-order valence-electron chi connectivity index (χ0n) is 13.7. The third kappa shape index (κ3) is 2.89. The van der Waals surface area contributed by atoms with Crippen LogP contribution in [-0.4, -0.2) is 4.98 Å². The lowest BCUT2D eigenvalue weighted by molar-refractivity contribution is 1.04. The zero-order chi connectivity index (χ0) is 15.5. The fourth-order valence-corrected chi connectivity index (χ4v) is 3.08. The van der Waals surface area contributed by atoms with Crippen LogP contribution in [-0.2, 0) is 19.3 Å². The molecule has 0 saturated carbocycles. The highest BCUT2D eigenvalue weighted by Crippen LogP contribution is 2.24. The molecule has 2 aromatic carbocycles. The molecule has 0 saturated heterocycles. The molecule has 1 heteroatoms. The molecule has 1 nitrogen and oxygen atoms in total. The molecule has 22 heavy (non-hydrogen) atoms. The number of hydrogen-bond acceptors (Lipinski definition) is 1. The Kier molecular flexibility index (Phi) is 4.24. The van der Waals surface area contributed by atoms with Crippen LogP contribution in [0.4, 0.5) is 0 Å². The molecule has 0 aliphatic carbocycles. The van der Waals surface area contributed by atoms with E-state index in [9.17, 15) is 0 Å². The predicted octanol–water partition coefficient (Wildman–Crippen LogP) is 5.26. The van der Waals surface area contributed by atoms with Crippen molar-refractivity contribution in [1.29, 1.82) is 0 Å². The largest absolute Gasteiger partial charge is 0.256 e.